The molecule has 4 heteroatoms. The number of carbonyl (C=O) groups is 2. The first-order valence-corrected chi connectivity index (χ1v) is 9.00. The summed E-state index contributed by atoms with van der Waals surface area (Å²) in [5.74, 6) is 0.357. The van der Waals surface area contributed by atoms with Gasteiger partial charge in [0.2, 0.25) is 5.91 Å². The van der Waals surface area contributed by atoms with Crippen molar-refractivity contribution in [3.63, 3.8) is 0 Å². The lowest BCUT2D eigenvalue weighted by molar-refractivity contribution is -0.119. The predicted molar refractivity (Wildman–Crippen MR) is 99.0 cm³/mol. The monoisotopic (exact) mass is 334 g/mol. The molecule has 128 valence electrons. The van der Waals surface area contributed by atoms with Gasteiger partial charge in [0.05, 0.1) is 0 Å². The van der Waals surface area contributed by atoms with E-state index >= 15 is 0 Å². The zero-order valence-corrected chi connectivity index (χ0v) is 14.4. The standard InChI is InChI=1S/C21H22N2O2/c1-2-14-4-3-5-18(12-14)22-20(24)17-8-9-19-16(13-17)10-11-23(19)21(25)15-6-7-15/h3-5,8-9,12-13,15H,2,6-7,10-11H2,1H3,(H,22,24). The van der Waals surface area contributed by atoms with Crippen LogP contribution in [0.25, 0.3) is 0 Å². The molecule has 0 radical (unpaired) electrons. The van der Waals surface area contributed by atoms with Crippen LogP contribution in [0.2, 0.25) is 0 Å². The second-order valence-corrected chi connectivity index (χ2v) is 6.87. The van der Waals surface area contributed by atoms with Gasteiger partial charge in [-0.1, -0.05) is 19.1 Å². The van der Waals surface area contributed by atoms with Crippen LogP contribution in [-0.2, 0) is 17.6 Å². The van der Waals surface area contributed by atoms with Crippen molar-refractivity contribution < 1.29 is 9.59 Å². The van der Waals surface area contributed by atoms with Crippen LogP contribution in [0.15, 0.2) is 42.5 Å². The summed E-state index contributed by atoms with van der Waals surface area (Å²) in [4.78, 5) is 26.8. The zero-order valence-electron chi connectivity index (χ0n) is 14.4. The van der Waals surface area contributed by atoms with E-state index in [2.05, 4.69) is 18.3 Å². The lowest BCUT2D eigenvalue weighted by Crippen LogP contribution is -2.30. The van der Waals surface area contributed by atoms with Crippen LogP contribution in [-0.4, -0.2) is 18.4 Å². The minimum atomic E-state index is -0.108. The van der Waals surface area contributed by atoms with E-state index in [1.807, 2.05) is 41.3 Å². The average Bonchev–Trinajstić information content (AvgIpc) is 3.40. The van der Waals surface area contributed by atoms with Gasteiger partial charge < -0.3 is 10.2 Å². The molecule has 1 fully saturated rings. The van der Waals surface area contributed by atoms with E-state index in [1.165, 1.54) is 5.56 Å². The second-order valence-electron chi connectivity index (χ2n) is 6.87. The molecule has 2 amide bonds. The summed E-state index contributed by atoms with van der Waals surface area (Å²) < 4.78 is 0. The van der Waals surface area contributed by atoms with Crippen molar-refractivity contribution in [2.24, 2.45) is 5.92 Å². The molecule has 4 rings (SSSR count). The first-order valence-electron chi connectivity index (χ1n) is 9.00. The number of hydrogen-bond donors (Lipinski definition) is 1. The summed E-state index contributed by atoms with van der Waals surface area (Å²) >= 11 is 0. The fraction of sp³-hybridized carbons (Fsp3) is 0.333. The third-order valence-corrected chi connectivity index (χ3v) is 5.02. The van der Waals surface area contributed by atoms with Gasteiger partial charge in [-0.2, -0.15) is 0 Å². The number of benzene rings is 2. The molecule has 2 aliphatic rings. The highest BCUT2D eigenvalue weighted by atomic mass is 16.2. The maximum Gasteiger partial charge on any atom is 0.255 e. The quantitative estimate of drug-likeness (QED) is 0.924. The highest BCUT2D eigenvalue weighted by Crippen LogP contribution is 2.36. The summed E-state index contributed by atoms with van der Waals surface area (Å²) in [6, 6.07) is 13.6. The minimum absolute atomic E-state index is 0.108. The Labute approximate surface area is 147 Å². The van der Waals surface area contributed by atoms with Crippen LogP contribution in [0, 0.1) is 5.92 Å². The van der Waals surface area contributed by atoms with Crippen molar-refractivity contribution in [2.75, 3.05) is 16.8 Å². The van der Waals surface area contributed by atoms with E-state index in [9.17, 15) is 9.59 Å². The molecule has 1 saturated carbocycles. The summed E-state index contributed by atoms with van der Waals surface area (Å²) in [6.45, 7) is 2.82. The van der Waals surface area contributed by atoms with E-state index in [-0.39, 0.29) is 17.7 Å². The van der Waals surface area contributed by atoms with Crippen molar-refractivity contribution >= 4 is 23.2 Å². The van der Waals surface area contributed by atoms with E-state index in [0.29, 0.717) is 5.56 Å². The van der Waals surface area contributed by atoms with E-state index in [0.717, 1.165) is 49.2 Å². The number of rotatable bonds is 4. The van der Waals surface area contributed by atoms with Gasteiger partial charge in [0.15, 0.2) is 0 Å². The Kier molecular flexibility index (Phi) is 4.04. The Morgan fingerprint density at radius 1 is 1.16 bits per heavy atom. The minimum Gasteiger partial charge on any atom is -0.322 e. The second kappa shape index (κ2) is 6.36. The van der Waals surface area contributed by atoms with Gasteiger partial charge in [0, 0.05) is 29.4 Å². The fourth-order valence-electron chi connectivity index (χ4n) is 3.39. The first kappa shape index (κ1) is 15.9. The highest BCUT2D eigenvalue weighted by Gasteiger charge is 2.36. The summed E-state index contributed by atoms with van der Waals surface area (Å²) in [7, 11) is 0. The number of aryl methyl sites for hydroxylation is 1. The molecule has 2 aromatic rings. The third-order valence-electron chi connectivity index (χ3n) is 5.02. The Morgan fingerprint density at radius 2 is 2.00 bits per heavy atom. The van der Waals surface area contributed by atoms with Crippen LogP contribution in [0.3, 0.4) is 0 Å². The topological polar surface area (TPSA) is 49.4 Å². The molecule has 4 nitrogen and oxygen atoms in total. The van der Waals surface area contributed by atoms with Gasteiger partial charge >= 0.3 is 0 Å². The molecule has 0 unspecified atom stereocenters. The molecule has 0 saturated heterocycles. The molecule has 1 aliphatic carbocycles. The number of nitrogens with one attached hydrogen (secondary N) is 1. The maximum absolute atomic E-state index is 12.6. The van der Waals surface area contributed by atoms with E-state index in [4.69, 9.17) is 0 Å². The van der Waals surface area contributed by atoms with Crippen LogP contribution in [0.4, 0.5) is 11.4 Å². The van der Waals surface area contributed by atoms with Crippen LogP contribution in [0.1, 0.15) is 41.3 Å². The number of hydrogen-bond acceptors (Lipinski definition) is 2. The molecule has 0 bridgehead atoms. The summed E-state index contributed by atoms with van der Waals surface area (Å²) in [6.07, 6.45) is 3.79. The molecule has 1 heterocycles. The van der Waals surface area contributed by atoms with Crippen molar-refractivity contribution in [1.82, 2.24) is 0 Å². The summed E-state index contributed by atoms with van der Waals surface area (Å²) in [5, 5.41) is 2.97. The Hall–Kier alpha value is -2.62. The molecule has 0 aromatic heterocycles. The van der Waals surface area contributed by atoms with Crippen LogP contribution in [0.5, 0.6) is 0 Å². The number of carbonyl (C=O) groups excluding carboxylic acids is 2. The lowest BCUT2D eigenvalue weighted by Gasteiger charge is -2.17. The lowest BCUT2D eigenvalue weighted by atomic mass is 10.1. The van der Waals surface area contributed by atoms with Gasteiger partial charge in [-0.05, 0) is 67.1 Å². The van der Waals surface area contributed by atoms with E-state index < -0.39 is 0 Å². The fourth-order valence-corrected chi connectivity index (χ4v) is 3.39. The van der Waals surface area contributed by atoms with Gasteiger partial charge in [0.25, 0.3) is 5.91 Å². The van der Waals surface area contributed by atoms with Crippen LogP contribution >= 0.6 is 0 Å². The largest absolute Gasteiger partial charge is 0.322 e. The molecule has 0 spiro atoms. The molecule has 1 aliphatic heterocycles. The normalized spacial score (nSPS) is 15.8. The molecular formula is C21H22N2O2. The number of nitrogens with zero attached hydrogens (tertiary/aromatic N) is 1. The molecular weight excluding hydrogens is 312 g/mol. The van der Waals surface area contributed by atoms with Gasteiger partial charge in [-0.15, -0.1) is 0 Å². The van der Waals surface area contributed by atoms with Gasteiger partial charge in [-0.25, -0.2) is 0 Å². The van der Waals surface area contributed by atoms with Crippen LogP contribution < -0.4 is 10.2 Å². The van der Waals surface area contributed by atoms with Crippen molar-refractivity contribution in [3.8, 4) is 0 Å². The maximum atomic E-state index is 12.6. The molecule has 1 N–H and O–H groups in total. The SMILES string of the molecule is CCc1cccc(NC(=O)c2ccc3c(c2)CCN3C(=O)C2CC2)c1. The zero-order chi connectivity index (χ0) is 17.4. The average molecular weight is 334 g/mol. The Bertz CT molecular complexity index is 840. The molecule has 25 heavy (non-hydrogen) atoms. The van der Waals surface area contributed by atoms with Gasteiger partial charge in [0.1, 0.15) is 0 Å². The van der Waals surface area contributed by atoms with Crippen molar-refractivity contribution in [1.29, 1.82) is 0 Å². The smallest absolute Gasteiger partial charge is 0.255 e. The third kappa shape index (κ3) is 3.16. The molecule has 0 atom stereocenters. The Balaban J connectivity index is 1.51. The predicted octanol–water partition coefficient (Wildman–Crippen LogP) is 3.80. The summed E-state index contributed by atoms with van der Waals surface area (Å²) in [5.41, 5.74) is 4.71. The number of amides is 2. The number of anilines is 2. The Morgan fingerprint density at radius 3 is 2.76 bits per heavy atom. The van der Waals surface area contributed by atoms with Crippen molar-refractivity contribution in [2.45, 2.75) is 32.6 Å². The first-order chi connectivity index (χ1) is 12.2. The molecule has 2 aromatic carbocycles. The van der Waals surface area contributed by atoms with Gasteiger partial charge in [-0.3, -0.25) is 9.59 Å². The van der Waals surface area contributed by atoms with E-state index in [1.54, 1.807) is 0 Å². The highest BCUT2D eigenvalue weighted by molar-refractivity contribution is 6.05. The van der Waals surface area contributed by atoms with Crippen molar-refractivity contribution in [3.05, 3.63) is 59.2 Å². The number of fused-ring (bicyclic) bond motifs is 1.